The molecule has 1 aliphatic rings. The van der Waals surface area contributed by atoms with Gasteiger partial charge in [-0.3, -0.25) is 9.30 Å². The standard InChI is InChI=1S/C22H25N5O/c1-3-13-26(14-4-2)22-25-24-21-12-9-16(15-27(21)22)28-20-11-10-19(23)17-7-5-6-8-18(17)20/h3-9,12-15,19-20H,10-11,23H2,1-2H3/t19-,20+/m0/s1. The molecule has 0 aliphatic heterocycles. The summed E-state index contributed by atoms with van der Waals surface area (Å²) < 4.78 is 8.32. The average Bonchev–Trinajstić information content (AvgIpc) is 3.13. The van der Waals surface area contributed by atoms with Crippen molar-refractivity contribution in [1.29, 1.82) is 0 Å². The van der Waals surface area contributed by atoms with Gasteiger partial charge in [-0.25, -0.2) is 0 Å². The molecule has 2 atom stereocenters. The summed E-state index contributed by atoms with van der Waals surface area (Å²) in [6, 6.07) is 12.2. The molecular weight excluding hydrogens is 350 g/mol. The van der Waals surface area contributed by atoms with Crippen LogP contribution in [0.5, 0.6) is 5.75 Å². The van der Waals surface area contributed by atoms with Crippen LogP contribution in [0.4, 0.5) is 5.95 Å². The van der Waals surface area contributed by atoms with Gasteiger partial charge in [0.05, 0.1) is 6.20 Å². The Balaban J connectivity index is 1.67. The zero-order valence-electron chi connectivity index (χ0n) is 16.2. The molecule has 3 aromatic rings. The third kappa shape index (κ3) is 3.39. The predicted octanol–water partition coefficient (Wildman–Crippen LogP) is 4.52. The quantitative estimate of drug-likeness (QED) is 0.710. The van der Waals surface area contributed by atoms with Crippen LogP contribution in [-0.4, -0.2) is 14.6 Å². The van der Waals surface area contributed by atoms with Crippen LogP contribution < -0.4 is 15.4 Å². The molecule has 0 unspecified atom stereocenters. The number of aromatic nitrogens is 3. The van der Waals surface area contributed by atoms with Crippen LogP contribution in [0.25, 0.3) is 5.65 Å². The van der Waals surface area contributed by atoms with Crippen LogP contribution in [-0.2, 0) is 0 Å². The lowest BCUT2D eigenvalue weighted by molar-refractivity contribution is 0.176. The molecule has 6 heteroatoms. The molecule has 1 aliphatic carbocycles. The maximum Gasteiger partial charge on any atom is 0.239 e. The lowest BCUT2D eigenvalue weighted by Crippen LogP contribution is -2.23. The molecule has 6 nitrogen and oxygen atoms in total. The summed E-state index contributed by atoms with van der Waals surface area (Å²) in [7, 11) is 0. The van der Waals surface area contributed by atoms with Crippen LogP contribution in [0.15, 0.2) is 67.1 Å². The Bertz CT molecular complexity index is 1010. The van der Waals surface area contributed by atoms with Crippen LogP contribution >= 0.6 is 0 Å². The van der Waals surface area contributed by atoms with Gasteiger partial charge in [0.1, 0.15) is 11.9 Å². The van der Waals surface area contributed by atoms with Crippen molar-refractivity contribution in [3.63, 3.8) is 0 Å². The molecule has 0 saturated carbocycles. The van der Waals surface area contributed by atoms with Crippen LogP contribution in [0.3, 0.4) is 0 Å². The average molecular weight is 375 g/mol. The van der Waals surface area contributed by atoms with Gasteiger partial charge in [-0.05, 0) is 49.9 Å². The number of nitrogens with zero attached hydrogens (tertiary/aromatic N) is 4. The normalized spacial score (nSPS) is 19.4. The highest BCUT2D eigenvalue weighted by Crippen LogP contribution is 2.37. The maximum absolute atomic E-state index is 6.38. The molecular formula is C22H25N5O. The van der Waals surface area contributed by atoms with Crippen molar-refractivity contribution in [3.8, 4) is 5.75 Å². The van der Waals surface area contributed by atoms with Crippen molar-refractivity contribution in [2.24, 2.45) is 5.73 Å². The SMILES string of the molecule is CC=CN(C=CC)c1nnc2ccc(O[C@@H]3CC[C@H](N)c4ccccc43)cn12. The first-order chi connectivity index (χ1) is 13.7. The highest BCUT2D eigenvalue weighted by Gasteiger charge is 2.26. The van der Waals surface area contributed by atoms with Gasteiger partial charge in [0.2, 0.25) is 5.95 Å². The number of allylic oxidation sites excluding steroid dienone is 2. The number of hydrogen-bond acceptors (Lipinski definition) is 5. The number of ether oxygens (including phenoxy) is 1. The van der Waals surface area contributed by atoms with Gasteiger partial charge < -0.3 is 10.5 Å². The summed E-state index contributed by atoms with van der Waals surface area (Å²) in [5.74, 6) is 1.49. The monoisotopic (exact) mass is 375 g/mol. The number of anilines is 1. The minimum absolute atomic E-state index is 0.00411. The summed E-state index contributed by atoms with van der Waals surface area (Å²) in [6.45, 7) is 3.94. The van der Waals surface area contributed by atoms with Crippen molar-refractivity contribution in [2.75, 3.05) is 4.90 Å². The minimum Gasteiger partial charge on any atom is -0.484 e. The van der Waals surface area contributed by atoms with Crippen molar-refractivity contribution < 1.29 is 4.74 Å². The van der Waals surface area contributed by atoms with Gasteiger partial charge in [-0.2, -0.15) is 0 Å². The lowest BCUT2D eigenvalue weighted by Gasteiger charge is -2.30. The van der Waals surface area contributed by atoms with Gasteiger partial charge in [-0.15, -0.1) is 10.2 Å². The molecule has 0 amide bonds. The highest BCUT2D eigenvalue weighted by molar-refractivity contribution is 5.51. The number of benzene rings is 1. The van der Waals surface area contributed by atoms with Crippen LogP contribution in [0.2, 0.25) is 0 Å². The summed E-state index contributed by atoms with van der Waals surface area (Å²) >= 11 is 0. The first-order valence-electron chi connectivity index (χ1n) is 9.61. The van der Waals surface area contributed by atoms with E-state index in [4.69, 9.17) is 10.5 Å². The second-order valence-electron chi connectivity index (χ2n) is 6.88. The zero-order valence-corrected chi connectivity index (χ0v) is 16.2. The van der Waals surface area contributed by atoms with Gasteiger partial charge in [-0.1, -0.05) is 36.4 Å². The summed E-state index contributed by atoms with van der Waals surface area (Å²) in [5.41, 5.74) is 9.40. The Morgan fingerprint density at radius 1 is 1.04 bits per heavy atom. The lowest BCUT2D eigenvalue weighted by atomic mass is 9.86. The molecule has 2 N–H and O–H groups in total. The molecule has 0 bridgehead atoms. The Morgan fingerprint density at radius 2 is 1.79 bits per heavy atom. The van der Waals surface area contributed by atoms with E-state index in [-0.39, 0.29) is 12.1 Å². The van der Waals surface area contributed by atoms with Crippen LogP contribution in [0, 0.1) is 0 Å². The van der Waals surface area contributed by atoms with E-state index in [1.54, 1.807) is 0 Å². The second kappa shape index (κ2) is 7.86. The molecule has 4 rings (SSSR count). The number of hydrogen-bond donors (Lipinski definition) is 1. The van der Waals surface area contributed by atoms with Gasteiger partial charge in [0.15, 0.2) is 5.65 Å². The molecule has 0 saturated heterocycles. The first kappa shape index (κ1) is 18.3. The van der Waals surface area contributed by atoms with Gasteiger partial charge >= 0.3 is 0 Å². The van der Waals surface area contributed by atoms with E-state index < -0.39 is 0 Å². The molecule has 28 heavy (non-hydrogen) atoms. The third-order valence-electron chi connectivity index (χ3n) is 4.97. The number of rotatable bonds is 5. The number of fused-ring (bicyclic) bond motifs is 2. The van der Waals surface area contributed by atoms with E-state index in [9.17, 15) is 0 Å². The Morgan fingerprint density at radius 3 is 2.54 bits per heavy atom. The van der Waals surface area contributed by atoms with E-state index >= 15 is 0 Å². The molecule has 0 spiro atoms. The molecule has 1 aromatic carbocycles. The van der Waals surface area contributed by atoms with Crippen molar-refractivity contribution >= 4 is 11.6 Å². The molecule has 144 valence electrons. The Hall–Kier alpha value is -3.12. The fourth-order valence-corrected chi connectivity index (χ4v) is 3.68. The predicted molar refractivity (Wildman–Crippen MR) is 111 cm³/mol. The molecule has 0 fully saturated rings. The molecule has 2 heterocycles. The van der Waals surface area contributed by atoms with Crippen molar-refractivity contribution in [1.82, 2.24) is 14.6 Å². The number of nitrogens with two attached hydrogens (primary N) is 1. The molecule has 0 radical (unpaired) electrons. The topological polar surface area (TPSA) is 68.7 Å². The fourth-order valence-electron chi connectivity index (χ4n) is 3.68. The highest BCUT2D eigenvalue weighted by atomic mass is 16.5. The summed E-state index contributed by atoms with van der Waals surface area (Å²) in [4.78, 5) is 1.93. The Labute approximate surface area is 164 Å². The van der Waals surface area contributed by atoms with E-state index in [2.05, 4.69) is 22.3 Å². The minimum atomic E-state index is -0.00411. The zero-order chi connectivity index (χ0) is 19.5. The second-order valence-corrected chi connectivity index (χ2v) is 6.88. The molecule has 2 aromatic heterocycles. The van der Waals surface area contributed by atoms with Crippen LogP contribution in [0.1, 0.15) is 50.0 Å². The fraction of sp³-hybridized carbons (Fsp3) is 0.273. The van der Waals surface area contributed by atoms with E-state index in [1.165, 1.54) is 11.1 Å². The van der Waals surface area contributed by atoms with E-state index in [0.29, 0.717) is 5.95 Å². The third-order valence-corrected chi connectivity index (χ3v) is 4.97. The smallest absolute Gasteiger partial charge is 0.239 e. The largest absolute Gasteiger partial charge is 0.484 e. The maximum atomic E-state index is 6.38. The van der Waals surface area contributed by atoms with Gasteiger partial charge in [0, 0.05) is 18.4 Å². The van der Waals surface area contributed by atoms with Crippen molar-refractivity contribution in [2.45, 2.75) is 38.8 Å². The van der Waals surface area contributed by atoms with Gasteiger partial charge in [0.25, 0.3) is 0 Å². The summed E-state index contributed by atoms with van der Waals surface area (Å²) in [6.07, 6.45) is 11.6. The first-order valence-corrected chi connectivity index (χ1v) is 9.61. The number of pyridine rings is 1. The van der Waals surface area contributed by atoms with E-state index in [1.807, 2.05) is 78.2 Å². The van der Waals surface area contributed by atoms with Crippen molar-refractivity contribution in [3.05, 3.63) is 78.3 Å². The summed E-state index contributed by atoms with van der Waals surface area (Å²) in [5, 5.41) is 8.60. The Kier molecular flexibility index (Phi) is 5.12. The van der Waals surface area contributed by atoms with E-state index in [0.717, 1.165) is 24.2 Å².